The van der Waals surface area contributed by atoms with Gasteiger partial charge in [0.2, 0.25) is 0 Å². The van der Waals surface area contributed by atoms with E-state index >= 15 is 0 Å². The second kappa shape index (κ2) is 7.17. The van der Waals surface area contributed by atoms with E-state index < -0.39 is 5.97 Å². The predicted molar refractivity (Wildman–Crippen MR) is 99.5 cm³/mol. The summed E-state index contributed by atoms with van der Waals surface area (Å²) in [6.45, 7) is 3.77. The van der Waals surface area contributed by atoms with Crippen LogP contribution in [0.1, 0.15) is 21.5 Å². The number of aromatic amines is 1. The second-order valence-electron chi connectivity index (χ2n) is 5.42. The first-order valence-electron chi connectivity index (χ1n) is 7.93. The zero-order chi connectivity index (χ0) is 18.8. The quantitative estimate of drug-likeness (QED) is 0.690. The SMILES string of the molecule is CCOC(=O)c1sc(C)c2c(=O)[nH]c(-c3ccc(OC)c(OC)c3)nc12. The van der Waals surface area contributed by atoms with Crippen LogP contribution >= 0.6 is 11.3 Å². The molecule has 26 heavy (non-hydrogen) atoms. The highest BCUT2D eigenvalue weighted by atomic mass is 32.1. The first kappa shape index (κ1) is 17.9. The number of H-pyrrole nitrogens is 1. The Kier molecular flexibility index (Phi) is 4.94. The minimum atomic E-state index is -0.480. The number of aryl methyl sites for hydroxylation is 1. The fourth-order valence-corrected chi connectivity index (χ4v) is 3.66. The van der Waals surface area contributed by atoms with Gasteiger partial charge in [-0.15, -0.1) is 11.3 Å². The number of hydrogen-bond donors (Lipinski definition) is 1. The molecule has 8 heteroatoms. The van der Waals surface area contributed by atoms with Gasteiger partial charge in [-0.25, -0.2) is 9.78 Å². The van der Waals surface area contributed by atoms with E-state index in [-0.39, 0.29) is 12.2 Å². The number of carbonyl (C=O) groups excluding carboxylic acids is 1. The van der Waals surface area contributed by atoms with E-state index in [1.807, 2.05) is 0 Å². The third-order valence-corrected chi connectivity index (χ3v) is 4.93. The number of fused-ring (bicyclic) bond motifs is 1. The number of rotatable bonds is 5. The molecule has 3 rings (SSSR count). The van der Waals surface area contributed by atoms with Gasteiger partial charge < -0.3 is 19.2 Å². The van der Waals surface area contributed by atoms with Crippen LogP contribution < -0.4 is 15.0 Å². The van der Waals surface area contributed by atoms with Crippen LogP contribution in [0.5, 0.6) is 11.5 Å². The van der Waals surface area contributed by atoms with Crippen molar-refractivity contribution in [2.24, 2.45) is 0 Å². The molecule has 1 N–H and O–H groups in total. The molecule has 0 saturated heterocycles. The maximum absolute atomic E-state index is 12.6. The van der Waals surface area contributed by atoms with Crippen LogP contribution in [-0.2, 0) is 4.74 Å². The number of esters is 1. The molecule has 0 aliphatic heterocycles. The van der Waals surface area contributed by atoms with Gasteiger partial charge in [-0.1, -0.05) is 0 Å². The fourth-order valence-electron chi connectivity index (χ4n) is 2.67. The van der Waals surface area contributed by atoms with Crippen LogP contribution in [-0.4, -0.2) is 36.8 Å². The third-order valence-electron chi connectivity index (χ3n) is 3.86. The molecule has 0 aliphatic rings. The zero-order valence-corrected chi connectivity index (χ0v) is 15.7. The molecule has 0 unspecified atom stereocenters. The Hall–Kier alpha value is -2.87. The van der Waals surface area contributed by atoms with E-state index in [2.05, 4.69) is 9.97 Å². The largest absolute Gasteiger partial charge is 0.493 e. The number of hydrogen-bond acceptors (Lipinski definition) is 7. The summed E-state index contributed by atoms with van der Waals surface area (Å²) < 4.78 is 15.6. The Morgan fingerprint density at radius 2 is 1.96 bits per heavy atom. The van der Waals surface area contributed by atoms with Crippen LogP contribution in [0.4, 0.5) is 0 Å². The summed E-state index contributed by atoms with van der Waals surface area (Å²) in [6, 6.07) is 5.20. The van der Waals surface area contributed by atoms with Crippen LogP contribution in [0.25, 0.3) is 22.3 Å². The third kappa shape index (κ3) is 3.03. The molecule has 2 heterocycles. The van der Waals surface area contributed by atoms with Crippen molar-refractivity contribution in [1.29, 1.82) is 0 Å². The lowest BCUT2D eigenvalue weighted by Gasteiger charge is -2.09. The normalized spacial score (nSPS) is 10.8. The number of benzene rings is 1. The zero-order valence-electron chi connectivity index (χ0n) is 14.8. The van der Waals surface area contributed by atoms with Gasteiger partial charge >= 0.3 is 5.97 Å². The number of nitrogens with one attached hydrogen (secondary N) is 1. The summed E-state index contributed by atoms with van der Waals surface area (Å²) in [6.07, 6.45) is 0. The van der Waals surface area contributed by atoms with Gasteiger partial charge in [-0.2, -0.15) is 0 Å². The molecular formula is C18H18N2O5S. The lowest BCUT2D eigenvalue weighted by atomic mass is 10.1. The van der Waals surface area contributed by atoms with Crippen molar-refractivity contribution in [2.75, 3.05) is 20.8 Å². The van der Waals surface area contributed by atoms with E-state index in [1.54, 1.807) is 39.2 Å². The molecule has 0 spiro atoms. The summed E-state index contributed by atoms with van der Waals surface area (Å²) in [7, 11) is 3.07. The molecule has 0 amide bonds. The van der Waals surface area contributed by atoms with Crippen molar-refractivity contribution >= 4 is 28.2 Å². The summed E-state index contributed by atoms with van der Waals surface area (Å²) >= 11 is 1.21. The number of carbonyl (C=O) groups is 1. The Bertz CT molecular complexity index is 1040. The number of methoxy groups -OCH3 is 2. The van der Waals surface area contributed by atoms with E-state index in [1.165, 1.54) is 18.4 Å². The highest BCUT2D eigenvalue weighted by molar-refractivity contribution is 7.15. The molecule has 2 aromatic heterocycles. The van der Waals surface area contributed by atoms with Crippen molar-refractivity contribution in [3.05, 3.63) is 38.3 Å². The van der Waals surface area contributed by atoms with Gasteiger partial charge in [0.05, 0.1) is 26.2 Å². The summed E-state index contributed by atoms with van der Waals surface area (Å²) in [5, 5.41) is 0.405. The Balaban J connectivity index is 2.21. The molecule has 0 radical (unpaired) electrons. The number of nitrogens with zero attached hydrogens (tertiary/aromatic N) is 1. The van der Waals surface area contributed by atoms with Crippen molar-refractivity contribution in [3.63, 3.8) is 0 Å². The monoisotopic (exact) mass is 374 g/mol. The number of thiophene rings is 1. The molecule has 0 atom stereocenters. The standard InChI is InChI=1S/C18H18N2O5S/c1-5-25-18(22)15-14-13(9(2)26-15)17(21)20-16(19-14)10-6-7-11(23-3)12(8-10)24-4/h6-8H,5H2,1-4H3,(H,19,20,21). The van der Waals surface area contributed by atoms with E-state index in [4.69, 9.17) is 14.2 Å². The van der Waals surface area contributed by atoms with Crippen molar-refractivity contribution < 1.29 is 19.0 Å². The van der Waals surface area contributed by atoms with E-state index in [9.17, 15) is 9.59 Å². The van der Waals surface area contributed by atoms with Crippen molar-refractivity contribution in [2.45, 2.75) is 13.8 Å². The minimum absolute atomic E-state index is 0.253. The topological polar surface area (TPSA) is 90.5 Å². The summed E-state index contributed by atoms with van der Waals surface area (Å²) in [5.74, 6) is 0.942. The smallest absolute Gasteiger partial charge is 0.350 e. The Labute approximate surface area is 153 Å². The van der Waals surface area contributed by atoms with Crippen molar-refractivity contribution in [1.82, 2.24) is 9.97 Å². The molecule has 0 aliphatic carbocycles. The van der Waals surface area contributed by atoms with E-state index in [0.717, 1.165) is 4.88 Å². The van der Waals surface area contributed by atoms with Crippen LogP contribution in [0.15, 0.2) is 23.0 Å². The van der Waals surface area contributed by atoms with Crippen LogP contribution in [0.3, 0.4) is 0 Å². The van der Waals surface area contributed by atoms with E-state index in [0.29, 0.717) is 38.7 Å². The highest BCUT2D eigenvalue weighted by Gasteiger charge is 2.21. The number of aromatic nitrogens is 2. The predicted octanol–water partition coefficient (Wildman–Crippen LogP) is 3.15. The van der Waals surface area contributed by atoms with Crippen LogP contribution in [0, 0.1) is 6.92 Å². The molecular weight excluding hydrogens is 356 g/mol. The minimum Gasteiger partial charge on any atom is -0.493 e. The van der Waals surface area contributed by atoms with Gasteiger partial charge in [-0.05, 0) is 32.0 Å². The molecule has 7 nitrogen and oxygen atoms in total. The maximum atomic E-state index is 12.6. The molecule has 1 aromatic carbocycles. The summed E-state index contributed by atoms with van der Waals surface area (Å²) in [5.41, 5.74) is 0.684. The lowest BCUT2D eigenvalue weighted by molar-refractivity contribution is 0.0534. The average molecular weight is 374 g/mol. The fraction of sp³-hybridized carbons (Fsp3) is 0.278. The van der Waals surface area contributed by atoms with Gasteiger partial charge in [-0.3, -0.25) is 4.79 Å². The lowest BCUT2D eigenvalue weighted by Crippen LogP contribution is -2.11. The average Bonchev–Trinajstić information content (AvgIpc) is 2.98. The van der Waals surface area contributed by atoms with Crippen molar-refractivity contribution in [3.8, 4) is 22.9 Å². The van der Waals surface area contributed by atoms with Gasteiger partial charge in [0.15, 0.2) is 11.5 Å². The van der Waals surface area contributed by atoms with Crippen LogP contribution in [0.2, 0.25) is 0 Å². The molecule has 136 valence electrons. The number of ether oxygens (including phenoxy) is 3. The molecule has 0 saturated carbocycles. The van der Waals surface area contributed by atoms with Gasteiger partial charge in [0.25, 0.3) is 5.56 Å². The Morgan fingerprint density at radius 1 is 1.23 bits per heavy atom. The highest BCUT2D eigenvalue weighted by Crippen LogP contribution is 2.33. The van der Waals surface area contributed by atoms with Gasteiger partial charge in [0, 0.05) is 10.4 Å². The maximum Gasteiger partial charge on any atom is 0.350 e. The molecule has 0 bridgehead atoms. The molecule has 0 fully saturated rings. The summed E-state index contributed by atoms with van der Waals surface area (Å²) in [4.78, 5) is 33.1. The van der Waals surface area contributed by atoms with Gasteiger partial charge in [0.1, 0.15) is 16.2 Å². The second-order valence-corrected chi connectivity index (χ2v) is 6.64. The first-order chi connectivity index (χ1) is 12.5. The first-order valence-corrected chi connectivity index (χ1v) is 8.74. The molecule has 3 aromatic rings. The Morgan fingerprint density at radius 3 is 2.62 bits per heavy atom.